The number of nitrogens with one attached hydrogen (secondary N) is 2. The molecule has 0 fully saturated rings. The Kier molecular flexibility index (Phi) is 3.22. The largest absolute Gasteiger partial charge is 0.381 e. The van der Waals surface area contributed by atoms with Gasteiger partial charge in [0.2, 0.25) is 0 Å². The van der Waals surface area contributed by atoms with E-state index >= 15 is 0 Å². The Labute approximate surface area is 94.9 Å². The van der Waals surface area contributed by atoms with E-state index in [1.807, 2.05) is 18.3 Å². The minimum atomic E-state index is 0.290. The van der Waals surface area contributed by atoms with E-state index in [0.717, 1.165) is 16.9 Å². The molecule has 2 aromatic rings. The van der Waals surface area contributed by atoms with Crippen LogP contribution in [0.3, 0.4) is 0 Å². The number of anilines is 1. The highest BCUT2D eigenvalue weighted by Crippen LogP contribution is 2.18. The molecule has 84 valence electrons. The summed E-state index contributed by atoms with van der Waals surface area (Å²) in [6, 6.07) is 8.49. The van der Waals surface area contributed by atoms with Crippen LogP contribution >= 0.6 is 0 Å². The topological polar surface area (TPSA) is 66.7 Å². The summed E-state index contributed by atoms with van der Waals surface area (Å²) in [4.78, 5) is 7.07. The Morgan fingerprint density at radius 1 is 1.38 bits per heavy atom. The molecule has 1 atom stereocenters. The molecule has 0 saturated heterocycles. The molecule has 4 N–H and O–H groups in total. The lowest BCUT2D eigenvalue weighted by molar-refractivity contribution is 0.804. The van der Waals surface area contributed by atoms with Gasteiger partial charge in [-0.05, 0) is 24.6 Å². The van der Waals surface area contributed by atoms with Gasteiger partial charge in [-0.2, -0.15) is 0 Å². The van der Waals surface area contributed by atoms with Crippen molar-refractivity contribution in [3.8, 4) is 11.3 Å². The van der Waals surface area contributed by atoms with E-state index in [0.29, 0.717) is 6.54 Å². The lowest BCUT2D eigenvalue weighted by Crippen LogP contribution is -2.24. The summed E-state index contributed by atoms with van der Waals surface area (Å²) in [6.45, 7) is 2.69. The van der Waals surface area contributed by atoms with Gasteiger partial charge in [0.05, 0.1) is 18.2 Å². The maximum Gasteiger partial charge on any atom is 0.0924 e. The van der Waals surface area contributed by atoms with Gasteiger partial charge in [0.15, 0.2) is 0 Å². The third-order valence-corrected chi connectivity index (χ3v) is 2.46. The molecule has 4 heteroatoms. The zero-order valence-corrected chi connectivity index (χ0v) is 9.27. The number of nitrogens with zero attached hydrogens (tertiary/aromatic N) is 1. The summed E-state index contributed by atoms with van der Waals surface area (Å²) < 4.78 is 0. The highest BCUT2D eigenvalue weighted by Gasteiger charge is 2.01. The summed E-state index contributed by atoms with van der Waals surface area (Å²) >= 11 is 0. The van der Waals surface area contributed by atoms with Gasteiger partial charge in [0, 0.05) is 18.3 Å². The first kappa shape index (κ1) is 10.7. The standard InChI is InChI=1S/C12H16N4/c1-9(6-13)16-11-4-2-10(3-5-11)12-7-14-8-15-12/h2-5,7-9,16H,6,13H2,1H3,(H,14,15). The fourth-order valence-electron chi connectivity index (χ4n) is 1.50. The molecule has 1 aromatic carbocycles. The van der Waals surface area contributed by atoms with Crippen LogP contribution in [0, 0.1) is 0 Å². The van der Waals surface area contributed by atoms with E-state index in [4.69, 9.17) is 5.73 Å². The average molecular weight is 216 g/mol. The van der Waals surface area contributed by atoms with Crippen LogP contribution in [-0.2, 0) is 0 Å². The number of benzene rings is 1. The van der Waals surface area contributed by atoms with Crippen molar-refractivity contribution in [3.63, 3.8) is 0 Å². The predicted octanol–water partition coefficient (Wildman–Crippen LogP) is 1.84. The van der Waals surface area contributed by atoms with Crippen molar-refractivity contribution < 1.29 is 0 Å². The summed E-state index contributed by atoms with van der Waals surface area (Å²) in [5.41, 5.74) is 8.79. The Balaban J connectivity index is 2.11. The van der Waals surface area contributed by atoms with Gasteiger partial charge in [-0.3, -0.25) is 0 Å². The van der Waals surface area contributed by atoms with Crippen LogP contribution in [0.5, 0.6) is 0 Å². The van der Waals surface area contributed by atoms with Crippen LogP contribution in [0.15, 0.2) is 36.8 Å². The molecule has 16 heavy (non-hydrogen) atoms. The quantitative estimate of drug-likeness (QED) is 0.730. The van der Waals surface area contributed by atoms with Gasteiger partial charge in [0.25, 0.3) is 0 Å². The summed E-state index contributed by atoms with van der Waals surface area (Å²) in [7, 11) is 0. The van der Waals surface area contributed by atoms with Crippen LogP contribution in [-0.4, -0.2) is 22.6 Å². The summed E-state index contributed by atoms with van der Waals surface area (Å²) in [5.74, 6) is 0. The van der Waals surface area contributed by atoms with Crippen molar-refractivity contribution in [2.45, 2.75) is 13.0 Å². The molecule has 0 amide bonds. The number of imidazole rings is 1. The molecule has 1 heterocycles. The fraction of sp³-hybridized carbons (Fsp3) is 0.250. The van der Waals surface area contributed by atoms with Crippen molar-refractivity contribution in [1.29, 1.82) is 0 Å². The maximum atomic E-state index is 5.55. The Hall–Kier alpha value is -1.81. The van der Waals surface area contributed by atoms with Crippen molar-refractivity contribution in [1.82, 2.24) is 9.97 Å². The highest BCUT2D eigenvalue weighted by atomic mass is 14.9. The molecule has 0 aliphatic carbocycles. The third kappa shape index (κ3) is 2.41. The van der Waals surface area contributed by atoms with Gasteiger partial charge in [0.1, 0.15) is 0 Å². The lowest BCUT2D eigenvalue weighted by Gasteiger charge is -2.12. The molecule has 0 aliphatic rings. The molecule has 1 aromatic heterocycles. The fourth-order valence-corrected chi connectivity index (χ4v) is 1.50. The Morgan fingerprint density at radius 3 is 2.69 bits per heavy atom. The van der Waals surface area contributed by atoms with Crippen LogP contribution in [0.4, 0.5) is 5.69 Å². The number of rotatable bonds is 4. The van der Waals surface area contributed by atoms with E-state index in [1.54, 1.807) is 6.33 Å². The van der Waals surface area contributed by atoms with E-state index in [1.165, 1.54) is 0 Å². The van der Waals surface area contributed by atoms with E-state index in [2.05, 4.69) is 34.3 Å². The maximum absolute atomic E-state index is 5.55. The minimum absolute atomic E-state index is 0.290. The van der Waals surface area contributed by atoms with Gasteiger partial charge >= 0.3 is 0 Å². The molecular weight excluding hydrogens is 200 g/mol. The van der Waals surface area contributed by atoms with E-state index in [-0.39, 0.29) is 6.04 Å². The smallest absolute Gasteiger partial charge is 0.0924 e. The zero-order chi connectivity index (χ0) is 11.4. The molecule has 0 aliphatic heterocycles. The molecule has 0 radical (unpaired) electrons. The molecule has 0 spiro atoms. The van der Waals surface area contributed by atoms with Crippen molar-refractivity contribution >= 4 is 5.69 Å². The number of nitrogens with two attached hydrogens (primary N) is 1. The SMILES string of the molecule is CC(CN)Nc1ccc(-c2cnc[nH]2)cc1. The number of aromatic amines is 1. The Bertz CT molecular complexity index is 419. The van der Waals surface area contributed by atoms with Crippen LogP contribution in [0.25, 0.3) is 11.3 Å². The zero-order valence-electron chi connectivity index (χ0n) is 9.27. The monoisotopic (exact) mass is 216 g/mol. The minimum Gasteiger partial charge on any atom is -0.381 e. The molecule has 0 bridgehead atoms. The first-order valence-corrected chi connectivity index (χ1v) is 5.35. The molecule has 0 saturated carbocycles. The molecule has 2 rings (SSSR count). The molecular formula is C12H16N4. The summed E-state index contributed by atoms with van der Waals surface area (Å²) in [5, 5.41) is 3.31. The highest BCUT2D eigenvalue weighted by molar-refractivity contribution is 5.62. The number of H-pyrrole nitrogens is 1. The predicted molar refractivity (Wildman–Crippen MR) is 66.2 cm³/mol. The van der Waals surface area contributed by atoms with Crippen molar-refractivity contribution in [3.05, 3.63) is 36.8 Å². The second-order valence-electron chi connectivity index (χ2n) is 3.82. The first-order valence-electron chi connectivity index (χ1n) is 5.35. The van der Waals surface area contributed by atoms with Gasteiger partial charge in [-0.25, -0.2) is 4.98 Å². The van der Waals surface area contributed by atoms with Gasteiger partial charge < -0.3 is 16.0 Å². The van der Waals surface area contributed by atoms with Gasteiger partial charge in [-0.1, -0.05) is 12.1 Å². The number of hydrogen-bond acceptors (Lipinski definition) is 3. The molecule has 4 nitrogen and oxygen atoms in total. The Morgan fingerprint density at radius 2 is 2.12 bits per heavy atom. The molecule has 1 unspecified atom stereocenters. The van der Waals surface area contributed by atoms with Crippen molar-refractivity contribution in [2.75, 3.05) is 11.9 Å². The van der Waals surface area contributed by atoms with Crippen LogP contribution < -0.4 is 11.1 Å². The normalized spacial score (nSPS) is 12.4. The van der Waals surface area contributed by atoms with Gasteiger partial charge in [-0.15, -0.1) is 0 Å². The second-order valence-corrected chi connectivity index (χ2v) is 3.82. The van der Waals surface area contributed by atoms with Crippen molar-refractivity contribution in [2.24, 2.45) is 5.73 Å². The van der Waals surface area contributed by atoms with Crippen LogP contribution in [0.1, 0.15) is 6.92 Å². The van der Waals surface area contributed by atoms with E-state index < -0.39 is 0 Å². The third-order valence-electron chi connectivity index (χ3n) is 2.46. The van der Waals surface area contributed by atoms with Crippen LogP contribution in [0.2, 0.25) is 0 Å². The van der Waals surface area contributed by atoms with E-state index in [9.17, 15) is 0 Å². The first-order chi connectivity index (χ1) is 7.79. The lowest BCUT2D eigenvalue weighted by atomic mass is 10.1. The second kappa shape index (κ2) is 4.81. The number of aromatic nitrogens is 2. The summed E-state index contributed by atoms with van der Waals surface area (Å²) in [6.07, 6.45) is 3.49. The average Bonchev–Trinajstić information content (AvgIpc) is 2.83. The number of hydrogen-bond donors (Lipinski definition) is 3.